The Morgan fingerprint density at radius 3 is 2.94 bits per heavy atom. The molecule has 0 radical (unpaired) electrons. The van der Waals surface area contributed by atoms with Crippen LogP contribution in [0.15, 0.2) is 0 Å². The highest BCUT2D eigenvalue weighted by Crippen LogP contribution is 2.28. The zero-order chi connectivity index (χ0) is 11.0. The smallest absolute Gasteiger partial charge is 0.224 e. The maximum Gasteiger partial charge on any atom is 0.224 e. The molecule has 0 aliphatic carbocycles. The maximum atomic E-state index is 11.9. The SMILES string of the molecule is O=C1C[C@H]2NCC[C@H]2N1CC1CCOCC1. The first kappa shape index (κ1) is 10.5. The van der Waals surface area contributed by atoms with Crippen LogP contribution in [0.3, 0.4) is 0 Å². The number of rotatable bonds is 2. The number of fused-ring (bicyclic) bond motifs is 1. The molecule has 3 rings (SSSR count). The van der Waals surface area contributed by atoms with Gasteiger partial charge in [0.2, 0.25) is 5.91 Å². The summed E-state index contributed by atoms with van der Waals surface area (Å²) in [5.74, 6) is 1.02. The molecule has 0 aromatic rings. The fraction of sp³-hybridized carbons (Fsp3) is 0.917. The van der Waals surface area contributed by atoms with Crippen LogP contribution in [-0.4, -0.2) is 49.2 Å². The van der Waals surface area contributed by atoms with E-state index in [1.54, 1.807) is 0 Å². The Kier molecular flexibility index (Phi) is 2.86. The molecule has 0 unspecified atom stereocenters. The second-order valence-corrected chi connectivity index (χ2v) is 5.22. The summed E-state index contributed by atoms with van der Waals surface area (Å²) in [6.07, 6.45) is 4.09. The molecule has 0 aromatic carbocycles. The van der Waals surface area contributed by atoms with Gasteiger partial charge in [0.05, 0.1) is 0 Å². The van der Waals surface area contributed by atoms with E-state index < -0.39 is 0 Å². The van der Waals surface area contributed by atoms with Crippen LogP contribution in [0.1, 0.15) is 25.7 Å². The van der Waals surface area contributed by atoms with Gasteiger partial charge in [-0.25, -0.2) is 0 Å². The van der Waals surface area contributed by atoms with Crippen molar-refractivity contribution in [3.05, 3.63) is 0 Å². The van der Waals surface area contributed by atoms with Crippen molar-refractivity contribution >= 4 is 5.91 Å². The molecule has 3 aliphatic rings. The van der Waals surface area contributed by atoms with Gasteiger partial charge >= 0.3 is 0 Å². The van der Waals surface area contributed by atoms with Crippen molar-refractivity contribution in [1.29, 1.82) is 0 Å². The van der Waals surface area contributed by atoms with Gasteiger partial charge in [-0.2, -0.15) is 0 Å². The van der Waals surface area contributed by atoms with Gasteiger partial charge in [-0.15, -0.1) is 0 Å². The molecule has 16 heavy (non-hydrogen) atoms. The standard InChI is InChI=1S/C12H20N2O2/c15-12-7-10-11(1-4-13-10)14(12)8-9-2-5-16-6-3-9/h9-11,13H,1-8H2/t10-,11-/m1/s1. The molecule has 3 aliphatic heterocycles. The van der Waals surface area contributed by atoms with Crippen LogP contribution in [0.5, 0.6) is 0 Å². The number of nitrogens with one attached hydrogen (secondary N) is 1. The third-order valence-corrected chi connectivity index (χ3v) is 4.22. The van der Waals surface area contributed by atoms with E-state index in [1.807, 2.05) is 0 Å². The first-order valence-corrected chi connectivity index (χ1v) is 6.45. The minimum absolute atomic E-state index is 0.355. The van der Waals surface area contributed by atoms with Gasteiger partial charge in [0, 0.05) is 38.3 Å². The van der Waals surface area contributed by atoms with Crippen LogP contribution in [0.4, 0.5) is 0 Å². The Bertz CT molecular complexity index is 276. The largest absolute Gasteiger partial charge is 0.381 e. The molecule has 0 saturated carbocycles. The zero-order valence-corrected chi connectivity index (χ0v) is 9.65. The minimum atomic E-state index is 0.355. The van der Waals surface area contributed by atoms with Crippen molar-refractivity contribution in [3.8, 4) is 0 Å². The molecule has 1 amide bonds. The van der Waals surface area contributed by atoms with Gasteiger partial charge in [-0.3, -0.25) is 4.79 Å². The number of amides is 1. The van der Waals surface area contributed by atoms with Crippen LogP contribution >= 0.6 is 0 Å². The molecular formula is C12H20N2O2. The molecule has 4 heteroatoms. The van der Waals surface area contributed by atoms with E-state index in [-0.39, 0.29) is 0 Å². The number of hydrogen-bond donors (Lipinski definition) is 1. The second kappa shape index (κ2) is 4.34. The van der Waals surface area contributed by atoms with E-state index in [0.29, 0.717) is 30.3 Å². The van der Waals surface area contributed by atoms with Crippen LogP contribution in [0.2, 0.25) is 0 Å². The van der Waals surface area contributed by atoms with Gasteiger partial charge < -0.3 is 15.0 Å². The predicted molar refractivity (Wildman–Crippen MR) is 60.1 cm³/mol. The number of ether oxygens (including phenoxy) is 1. The molecule has 0 aromatic heterocycles. The van der Waals surface area contributed by atoms with Crippen molar-refractivity contribution in [3.63, 3.8) is 0 Å². The minimum Gasteiger partial charge on any atom is -0.381 e. The molecule has 3 fully saturated rings. The van der Waals surface area contributed by atoms with Crippen molar-refractivity contribution in [2.45, 2.75) is 37.8 Å². The Morgan fingerprint density at radius 1 is 1.31 bits per heavy atom. The Hall–Kier alpha value is -0.610. The van der Waals surface area contributed by atoms with Crippen molar-refractivity contribution in [2.24, 2.45) is 5.92 Å². The summed E-state index contributed by atoms with van der Waals surface area (Å²) in [4.78, 5) is 14.1. The summed E-state index contributed by atoms with van der Waals surface area (Å²) < 4.78 is 5.36. The molecule has 0 bridgehead atoms. The number of likely N-dealkylation sites (tertiary alicyclic amines) is 1. The lowest BCUT2D eigenvalue weighted by Crippen LogP contribution is -2.40. The summed E-state index contributed by atoms with van der Waals surface area (Å²) in [5.41, 5.74) is 0. The lowest BCUT2D eigenvalue weighted by molar-refractivity contribution is -0.130. The van der Waals surface area contributed by atoms with Gasteiger partial charge in [0.15, 0.2) is 0 Å². The van der Waals surface area contributed by atoms with Gasteiger partial charge in [0.25, 0.3) is 0 Å². The molecule has 3 heterocycles. The topological polar surface area (TPSA) is 41.6 Å². The summed E-state index contributed by atoms with van der Waals surface area (Å²) in [6.45, 7) is 3.79. The highest BCUT2D eigenvalue weighted by Gasteiger charge is 2.42. The number of nitrogens with zero attached hydrogens (tertiary/aromatic N) is 1. The van der Waals surface area contributed by atoms with E-state index in [1.165, 1.54) is 0 Å². The molecule has 90 valence electrons. The van der Waals surface area contributed by atoms with Gasteiger partial charge in [0.1, 0.15) is 0 Å². The fourth-order valence-electron chi connectivity index (χ4n) is 3.27. The first-order valence-electron chi connectivity index (χ1n) is 6.45. The van der Waals surface area contributed by atoms with Crippen molar-refractivity contribution in [1.82, 2.24) is 10.2 Å². The van der Waals surface area contributed by atoms with Gasteiger partial charge in [-0.05, 0) is 31.7 Å². The van der Waals surface area contributed by atoms with E-state index in [9.17, 15) is 4.79 Å². The quantitative estimate of drug-likeness (QED) is 0.737. The summed E-state index contributed by atoms with van der Waals surface area (Å²) in [6, 6.07) is 0.919. The molecule has 4 nitrogen and oxygen atoms in total. The molecule has 3 saturated heterocycles. The third-order valence-electron chi connectivity index (χ3n) is 4.22. The molecule has 0 spiro atoms. The highest BCUT2D eigenvalue weighted by atomic mass is 16.5. The number of carbonyl (C=O) groups excluding carboxylic acids is 1. The van der Waals surface area contributed by atoms with Crippen molar-refractivity contribution < 1.29 is 9.53 Å². The highest BCUT2D eigenvalue weighted by molar-refractivity contribution is 5.80. The number of carbonyl (C=O) groups is 1. The second-order valence-electron chi connectivity index (χ2n) is 5.22. The predicted octanol–water partition coefficient (Wildman–Crippen LogP) is 0.376. The Balaban J connectivity index is 1.62. The first-order chi connectivity index (χ1) is 7.84. The van der Waals surface area contributed by atoms with E-state index >= 15 is 0 Å². The van der Waals surface area contributed by atoms with Crippen LogP contribution in [-0.2, 0) is 9.53 Å². The Morgan fingerprint density at radius 2 is 2.12 bits per heavy atom. The lowest BCUT2D eigenvalue weighted by atomic mass is 9.99. The van der Waals surface area contributed by atoms with E-state index in [4.69, 9.17) is 4.74 Å². The average molecular weight is 224 g/mol. The van der Waals surface area contributed by atoms with Crippen LogP contribution in [0, 0.1) is 5.92 Å². The maximum absolute atomic E-state index is 11.9. The van der Waals surface area contributed by atoms with Crippen LogP contribution < -0.4 is 5.32 Å². The monoisotopic (exact) mass is 224 g/mol. The normalized spacial score (nSPS) is 35.8. The van der Waals surface area contributed by atoms with E-state index in [0.717, 1.165) is 45.6 Å². The fourth-order valence-corrected chi connectivity index (χ4v) is 3.27. The lowest BCUT2D eigenvalue weighted by Gasteiger charge is -2.30. The third kappa shape index (κ3) is 1.84. The molecular weight excluding hydrogens is 204 g/mol. The zero-order valence-electron chi connectivity index (χ0n) is 9.65. The summed E-state index contributed by atoms with van der Waals surface area (Å²) in [5, 5.41) is 3.43. The average Bonchev–Trinajstić information content (AvgIpc) is 2.84. The molecule has 1 N–H and O–H groups in total. The van der Waals surface area contributed by atoms with Crippen LogP contribution in [0.25, 0.3) is 0 Å². The van der Waals surface area contributed by atoms with Crippen molar-refractivity contribution in [2.75, 3.05) is 26.3 Å². The van der Waals surface area contributed by atoms with E-state index in [2.05, 4.69) is 10.2 Å². The Labute approximate surface area is 96.3 Å². The summed E-state index contributed by atoms with van der Waals surface area (Å²) >= 11 is 0. The molecule has 2 atom stereocenters. The number of hydrogen-bond acceptors (Lipinski definition) is 3. The van der Waals surface area contributed by atoms with Gasteiger partial charge in [-0.1, -0.05) is 0 Å². The summed E-state index contributed by atoms with van der Waals surface area (Å²) in [7, 11) is 0.